The maximum atomic E-state index is 4.02. The highest BCUT2D eigenvalue weighted by atomic mass is 14.9. The third kappa shape index (κ3) is 3.22. The van der Waals surface area contributed by atoms with Gasteiger partial charge in [-0.3, -0.25) is 4.98 Å². The van der Waals surface area contributed by atoms with Crippen molar-refractivity contribution in [1.29, 1.82) is 0 Å². The highest BCUT2D eigenvalue weighted by Gasteiger charge is 2.19. The second-order valence-corrected chi connectivity index (χ2v) is 4.91. The average Bonchev–Trinajstić information content (AvgIpc) is 2.38. The first-order chi connectivity index (χ1) is 7.88. The van der Waals surface area contributed by atoms with Crippen molar-refractivity contribution in [3.63, 3.8) is 0 Å². The maximum Gasteiger partial charge on any atom is 0.0371 e. The van der Waals surface area contributed by atoms with Crippen LogP contribution in [0.25, 0.3) is 0 Å². The number of anilines is 1. The summed E-state index contributed by atoms with van der Waals surface area (Å²) in [5.74, 6) is 1.87. The SMILES string of the molecule is CCC1CCC(CNc2ccncc2)CC1. The average molecular weight is 218 g/mol. The second kappa shape index (κ2) is 5.88. The lowest BCUT2D eigenvalue weighted by atomic mass is 9.81. The zero-order valence-electron chi connectivity index (χ0n) is 10.2. The molecule has 0 spiro atoms. The van der Waals surface area contributed by atoms with Crippen LogP contribution in [-0.4, -0.2) is 11.5 Å². The van der Waals surface area contributed by atoms with Gasteiger partial charge in [0.15, 0.2) is 0 Å². The van der Waals surface area contributed by atoms with E-state index in [-0.39, 0.29) is 0 Å². The smallest absolute Gasteiger partial charge is 0.0371 e. The molecule has 1 aliphatic rings. The van der Waals surface area contributed by atoms with Crippen LogP contribution in [-0.2, 0) is 0 Å². The van der Waals surface area contributed by atoms with Crippen LogP contribution < -0.4 is 5.32 Å². The lowest BCUT2D eigenvalue weighted by Crippen LogP contribution is -2.20. The molecule has 0 bridgehead atoms. The molecule has 0 saturated heterocycles. The van der Waals surface area contributed by atoms with Crippen LogP contribution in [0.5, 0.6) is 0 Å². The molecule has 16 heavy (non-hydrogen) atoms. The first-order valence-corrected chi connectivity index (χ1v) is 6.52. The Hall–Kier alpha value is -1.05. The van der Waals surface area contributed by atoms with Crippen LogP contribution in [0.1, 0.15) is 39.0 Å². The lowest BCUT2D eigenvalue weighted by Gasteiger charge is -2.28. The van der Waals surface area contributed by atoms with Gasteiger partial charge in [0.25, 0.3) is 0 Å². The fraction of sp³-hybridized carbons (Fsp3) is 0.643. The Balaban J connectivity index is 1.72. The fourth-order valence-corrected chi connectivity index (χ4v) is 2.58. The zero-order chi connectivity index (χ0) is 11.2. The van der Waals surface area contributed by atoms with Crippen LogP contribution in [0.15, 0.2) is 24.5 Å². The Kier molecular flexibility index (Phi) is 4.20. The lowest BCUT2D eigenvalue weighted by molar-refractivity contribution is 0.278. The largest absolute Gasteiger partial charge is 0.385 e. The molecule has 1 aromatic heterocycles. The van der Waals surface area contributed by atoms with E-state index in [1.165, 1.54) is 37.8 Å². The summed E-state index contributed by atoms with van der Waals surface area (Å²) in [5.41, 5.74) is 1.20. The summed E-state index contributed by atoms with van der Waals surface area (Å²) in [6.07, 6.45) is 10.7. The summed E-state index contributed by atoms with van der Waals surface area (Å²) in [5, 5.41) is 3.51. The molecule has 1 heterocycles. The molecule has 1 fully saturated rings. The number of hydrogen-bond donors (Lipinski definition) is 1. The molecule has 2 rings (SSSR count). The van der Waals surface area contributed by atoms with Gasteiger partial charge in [-0.1, -0.05) is 26.2 Å². The molecule has 1 saturated carbocycles. The molecule has 0 amide bonds. The zero-order valence-corrected chi connectivity index (χ0v) is 10.2. The number of nitrogens with zero attached hydrogens (tertiary/aromatic N) is 1. The van der Waals surface area contributed by atoms with Gasteiger partial charge in [-0.2, -0.15) is 0 Å². The summed E-state index contributed by atoms with van der Waals surface area (Å²) in [6, 6.07) is 4.08. The van der Waals surface area contributed by atoms with Gasteiger partial charge in [0, 0.05) is 24.6 Å². The molecule has 88 valence electrons. The summed E-state index contributed by atoms with van der Waals surface area (Å²) in [6.45, 7) is 3.45. The van der Waals surface area contributed by atoms with Crippen molar-refractivity contribution in [2.45, 2.75) is 39.0 Å². The van der Waals surface area contributed by atoms with Crippen molar-refractivity contribution in [1.82, 2.24) is 4.98 Å². The van der Waals surface area contributed by atoms with Gasteiger partial charge in [0.1, 0.15) is 0 Å². The summed E-state index contributed by atoms with van der Waals surface area (Å²) >= 11 is 0. The molecule has 0 aromatic carbocycles. The summed E-state index contributed by atoms with van der Waals surface area (Å²) in [4.78, 5) is 4.02. The van der Waals surface area contributed by atoms with E-state index in [9.17, 15) is 0 Å². The Bertz CT molecular complexity index is 289. The van der Waals surface area contributed by atoms with Crippen molar-refractivity contribution < 1.29 is 0 Å². The van der Waals surface area contributed by atoms with E-state index in [2.05, 4.69) is 17.2 Å². The van der Waals surface area contributed by atoms with Gasteiger partial charge in [-0.05, 0) is 36.8 Å². The van der Waals surface area contributed by atoms with Crippen LogP contribution in [0, 0.1) is 11.8 Å². The van der Waals surface area contributed by atoms with Crippen molar-refractivity contribution >= 4 is 5.69 Å². The molecule has 2 heteroatoms. The molecule has 0 radical (unpaired) electrons. The molecular formula is C14H22N2. The van der Waals surface area contributed by atoms with E-state index in [1.807, 2.05) is 24.5 Å². The number of rotatable bonds is 4. The first kappa shape index (κ1) is 11.4. The molecule has 1 N–H and O–H groups in total. The van der Waals surface area contributed by atoms with E-state index < -0.39 is 0 Å². The maximum absolute atomic E-state index is 4.02. The fourth-order valence-electron chi connectivity index (χ4n) is 2.58. The Labute approximate surface area is 98.5 Å². The monoisotopic (exact) mass is 218 g/mol. The van der Waals surface area contributed by atoms with Gasteiger partial charge in [-0.25, -0.2) is 0 Å². The van der Waals surface area contributed by atoms with Gasteiger partial charge in [0.05, 0.1) is 0 Å². The van der Waals surface area contributed by atoms with Crippen molar-refractivity contribution in [3.05, 3.63) is 24.5 Å². The van der Waals surface area contributed by atoms with E-state index in [1.54, 1.807) is 0 Å². The summed E-state index contributed by atoms with van der Waals surface area (Å²) < 4.78 is 0. The predicted octanol–water partition coefficient (Wildman–Crippen LogP) is 3.71. The van der Waals surface area contributed by atoms with Crippen LogP contribution in [0.4, 0.5) is 5.69 Å². The standard InChI is InChI=1S/C14H22N2/c1-2-12-3-5-13(6-4-12)11-16-14-7-9-15-10-8-14/h7-10,12-13H,2-6,11H2,1H3,(H,15,16). The van der Waals surface area contributed by atoms with Gasteiger partial charge < -0.3 is 5.32 Å². The minimum atomic E-state index is 0.871. The van der Waals surface area contributed by atoms with E-state index in [0.29, 0.717) is 0 Å². The van der Waals surface area contributed by atoms with E-state index in [4.69, 9.17) is 0 Å². The van der Waals surface area contributed by atoms with Crippen molar-refractivity contribution in [2.24, 2.45) is 11.8 Å². The summed E-state index contributed by atoms with van der Waals surface area (Å²) in [7, 11) is 0. The molecule has 1 aromatic rings. The Morgan fingerprint density at radius 1 is 1.12 bits per heavy atom. The van der Waals surface area contributed by atoms with Gasteiger partial charge >= 0.3 is 0 Å². The number of pyridine rings is 1. The van der Waals surface area contributed by atoms with Crippen molar-refractivity contribution in [2.75, 3.05) is 11.9 Å². The topological polar surface area (TPSA) is 24.9 Å². The molecule has 2 nitrogen and oxygen atoms in total. The van der Waals surface area contributed by atoms with Crippen LogP contribution in [0.3, 0.4) is 0 Å². The van der Waals surface area contributed by atoms with Crippen molar-refractivity contribution in [3.8, 4) is 0 Å². The first-order valence-electron chi connectivity index (χ1n) is 6.52. The predicted molar refractivity (Wildman–Crippen MR) is 68.5 cm³/mol. The Morgan fingerprint density at radius 2 is 1.75 bits per heavy atom. The highest BCUT2D eigenvalue weighted by molar-refractivity contribution is 5.40. The molecule has 0 aliphatic heterocycles. The van der Waals surface area contributed by atoms with E-state index in [0.717, 1.165) is 18.4 Å². The molecular weight excluding hydrogens is 196 g/mol. The minimum Gasteiger partial charge on any atom is -0.385 e. The Morgan fingerprint density at radius 3 is 2.38 bits per heavy atom. The highest BCUT2D eigenvalue weighted by Crippen LogP contribution is 2.30. The quantitative estimate of drug-likeness (QED) is 0.833. The number of hydrogen-bond acceptors (Lipinski definition) is 2. The van der Waals surface area contributed by atoms with Gasteiger partial charge in [-0.15, -0.1) is 0 Å². The molecule has 1 aliphatic carbocycles. The van der Waals surface area contributed by atoms with Crippen LogP contribution in [0.2, 0.25) is 0 Å². The van der Waals surface area contributed by atoms with Crippen LogP contribution >= 0.6 is 0 Å². The third-order valence-corrected chi connectivity index (χ3v) is 3.82. The minimum absolute atomic E-state index is 0.871. The van der Waals surface area contributed by atoms with Gasteiger partial charge in [0.2, 0.25) is 0 Å². The molecule has 0 unspecified atom stereocenters. The number of nitrogens with one attached hydrogen (secondary N) is 1. The van der Waals surface area contributed by atoms with E-state index >= 15 is 0 Å². The third-order valence-electron chi connectivity index (χ3n) is 3.82. The number of aromatic nitrogens is 1. The normalized spacial score (nSPS) is 25.3. The second-order valence-electron chi connectivity index (χ2n) is 4.91. The molecule has 0 atom stereocenters.